The summed E-state index contributed by atoms with van der Waals surface area (Å²) in [6.07, 6.45) is 27.0. The highest BCUT2D eigenvalue weighted by Crippen LogP contribution is 2.41. The SMILES string of the molecule is CCCCCCCCc1ccc(/C=C/c2cc3c(cc4c5ccc6c7c(ccc(c(=O)n34)c57)c(=O)n3c4cc(/C=C/c5ccc(CCCCCCCC)s5)sc4cc63)s2)s1. The van der Waals surface area contributed by atoms with Gasteiger partial charge >= 0.3 is 0 Å². The van der Waals surface area contributed by atoms with E-state index in [1.807, 2.05) is 43.6 Å². The summed E-state index contributed by atoms with van der Waals surface area (Å²) in [5, 5.41) is 5.10. The van der Waals surface area contributed by atoms with Crippen LogP contribution in [0.5, 0.6) is 0 Å². The van der Waals surface area contributed by atoms with Crippen molar-refractivity contribution < 1.29 is 0 Å². The van der Waals surface area contributed by atoms with E-state index in [2.05, 4.69) is 98.8 Å². The molecule has 0 N–H and O–H groups in total. The van der Waals surface area contributed by atoms with Gasteiger partial charge in [0, 0.05) is 61.6 Å². The van der Waals surface area contributed by atoms with Crippen molar-refractivity contribution in [3.63, 3.8) is 0 Å². The Kier molecular flexibility index (Phi) is 11.2. The Balaban J connectivity index is 0.926. The summed E-state index contributed by atoms with van der Waals surface area (Å²) < 4.78 is 5.95. The van der Waals surface area contributed by atoms with Gasteiger partial charge in [-0.15, -0.1) is 45.3 Å². The highest BCUT2D eigenvalue weighted by atomic mass is 32.1. The number of nitrogens with zero attached hydrogens (tertiary/aromatic N) is 2. The molecule has 0 unspecified atom stereocenters. The van der Waals surface area contributed by atoms with Gasteiger partial charge in [0.1, 0.15) is 0 Å². The Morgan fingerprint density at radius 2 is 0.817 bits per heavy atom. The zero-order chi connectivity index (χ0) is 40.7. The average molecular weight is 863 g/mol. The zero-order valence-corrected chi connectivity index (χ0v) is 37.7. The first-order valence-corrected chi connectivity index (χ1v) is 25.3. The monoisotopic (exact) mass is 862 g/mol. The normalized spacial score (nSPS) is 12.8. The number of pyridine rings is 2. The molecule has 0 bridgehead atoms. The number of aryl methyl sites for hydroxylation is 2. The molecule has 2 aromatic carbocycles. The first-order chi connectivity index (χ1) is 29.5. The van der Waals surface area contributed by atoms with Crippen LogP contribution in [0.2, 0.25) is 0 Å². The molecule has 0 aliphatic rings. The van der Waals surface area contributed by atoms with Gasteiger partial charge in [0.15, 0.2) is 0 Å². The molecule has 0 aliphatic carbocycles. The summed E-state index contributed by atoms with van der Waals surface area (Å²) in [6, 6.07) is 25.7. The number of hydrogen-bond acceptors (Lipinski definition) is 6. The van der Waals surface area contributed by atoms with Crippen molar-refractivity contribution in [2.75, 3.05) is 0 Å². The fourth-order valence-electron chi connectivity index (χ4n) is 9.27. The second-order valence-corrected chi connectivity index (χ2v) is 21.1. The maximum atomic E-state index is 14.4. The molecule has 0 aliphatic heterocycles. The van der Waals surface area contributed by atoms with E-state index in [1.54, 1.807) is 22.7 Å². The molecule has 0 atom stereocenters. The molecule has 0 saturated carbocycles. The summed E-state index contributed by atoms with van der Waals surface area (Å²) in [5.74, 6) is 0. The molecule has 8 heteroatoms. The van der Waals surface area contributed by atoms with E-state index >= 15 is 0 Å². The third kappa shape index (κ3) is 7.33. The van der Waals surface area contributed by atoms with Crippen molar-refractivity contribution in [3.8, 4) is 0 Å². The Morgan fingerprint density at radius 1 is 0.417 bits per heavy atom. The van der Waals surface area contributed by atoms with Gasteiger partial charge in [-0.25, -0.2) is 0 Å². The van der Waals surface area contributed by atoms with E-state index in [0.29, 0.717) is 10.8 Å². The van der Waals surface area contributed by atoms with Crippen molar-refractivity contribution in [2.45, 2.75) is 104 Å². The third-order valence-electron chi connectivity index (χ3n) is 12.3. The zero-order valence-electron chi connectivity index (χ0n) is 34.5. The van der Waals surface area contributed by atoms with Gasteiger partial charge in [0.2, 0.25) is 0 Å². The summed E-state index contributed by atoms with van der Waals surface area (Å²) >= 11 is 7.21. The first kappa shape index (κ1) is 39.5. The van der Waals surface area contributed by atoms with Crippen LogP contribution in [0.3, 0.4) is 0 Å². The molecule has 0 spiro atoms. The van der Waals surface area contributed by atoms with Crippen LogP contribution in [-0.2, 0) is 12.8 Å². The number of hydrogen-bond donors (Lipinski definition) is 0. The standard InChI is InChI=1S/C52H50N2O2S4/c1-3-5-7-9-11-13-15-33-17-19-35(57-33)21-23-37-29-45-47(59-37)31-43-39-25-26-40-44-32-48-46(54(44)52(56)42-28-27-41(49(39)50(40)42)51(55)53(43)45)30-38(60-48)24-22-36-20-18-34(58-36)16-14-12-10-8-6-4-2/h17-32H,3-16H2,1-2H3/b23-21+,24-22+. The van der Waals surface area contributed by atoms with Crippen molar-refractivity contribution in [1.82, 2.24) is 8.80 Å². The predicted octanol–water partition coefficient (Wildman–Crippen LogP) is 15.9. The molecule has 8 heterocycles. The largest absolute Gasteiger partial charge is 0.275 e. The Morgan fingerprint density at radius 3 is 1.27 bits per heavy atom. The molecule has 8 aromatic heterocycles. The third-order valence-corrected chi connectivity index (χ3v) is 16.6. The minimum atomic E-state index is -0.0341. The van der Waals surface area contributed by atoms with Gasteiger partial charge in [0.05, 0.1) is 31.5 Å². The van der Waals surface area contributed by atoms with Crippen LogP contribution in [0.25, 0.3) is 88.1 Å². The molecule has 10 aromatic rings. The van der Waals surface area contributed by atoms with Crippen LogP contribution >= 0.6 is 45.3 Å². The van der Waals surface area contributed by atoms with Crippen LogP contribution < -0.4 is 11.1 Å². The summed E-state index contributed by atoms with van der Waals surface area (Å²) in [6.45, 7) is 4.54. The smallest absolute Gasteiger partial charge is 0.263 e. The van der Waals surface area contributed by atoms with E-state index in [-0.39, 0.29) is 11.1 Å². The number of fused-ring (bicyclic) bond motifs is 8. The minimum Gasteiger partial charge on any atom is -0.275 e. The maximum absolute atomic E-state index is 14.4. The summed E-state index contributed by atoms with van der Waals surface area (Å²) in [7, 11) is 0. The fraction of sp³-hybridized carbons (Fsp3) is 0.308. The van der Waals surface area contributed by atoms with E-state index in [9.17, 15) is 9.59 Å². The minimum absolute atomic E-state index is 0.0341. The van der Waals surface area contributed by atoms with Gasteiger partial charge in [-0.1, -0.05) is 90.2 Å². The van der Waals surface area contributed by atoms with Crippen molar-refractivity contribution in [1.29, 1.82) is 0 Å². The number of rotatable bonds is 18. The lowest BCUT2D eigenvalue weighted by Gasteiger charge is -2.13. The van der Waals surface area contributed by atoms with Crippen LogP contribution in [0.15, 0.2) is 82.4 Å². The van der Waals surface area contributed by atoms with Gasteiger partial charge in [-0.3, -0.25) is 18.4 Å². The molecule has 0 fully saturated rings. The second-order valence-electron chi connectivity index (χ2n) is 16.5. The Bertz CT molecular complexity index is 3090. The molecule has 0 amide bonds. The summed E-state index contributed by atoms with van der Waals surface area (Å²) in [4.78, 5) is 36.6. The maximum Gasteiger partial charge on any atom is 0.263 e. The number of thiophene rings is 4. The highest BCUT2D eigenvalue weighted by molar-refractivity contribution is 7.20. The van der Waals surface area contributed by atoms with Crippen LogP contribution in [0.1, 0.15) is 120 Å². The average Bonchev–Trinajstić information content (AvgIpc) is 4.11. The van der Waals surface area contributed by atoms with Gasteiger partial charge in [0.25, 0.3) is 11.1 Å². The Hall–Kier alpha value is -4.60. The number of benzene rings is 2. The highest BCUT2D eigenvalue weighted by Gasteiger charge is 2.22. The molecular formula is C52H50N2O2S4. The van der Waals surface area contributed by atoms with Crippen molar-refractivity contribution in [3.05, 3.63) is 123 Å². The van der Waals surface area contributed by atoms with E-state index in [4.69, 9.17) is 0 Å². The van der Waals surface area contributed by atoms with Crippen molar-refractivity contribution >= 4 is 133 Å². The lowest BCUT2D eigenvalue weighted by molar-refractivity contribution is 0.609. The quantitative estimate of drug-likeness (QED) is 0.0637. The van der Waals surface area contributed by atoms with Gasteiger partial charge in [-0.05, 0) is 111 Å². The van der Waals surface area contributed by atoms with Crippen LogP contribution in [0, 0.1) is 0 Å². The van der Waals surface area contributed by atoms with Gasteiger partial charge in [-0.2, -0.15) is 0 Å². The molecule has 304 valence electrons. The molecule has 10 rings (SSSR count). The molecular weight excluding hydrogens is 813 g/mol. The lowest BCUT2D eigenvalue weighted by Crippen LogP contribution is -2.16. The molecule has 4 nitrogen and oxygen atoms in total. The van der Waals surface area contributed by atoms with Crippen LogP contribution in [0.4, 0.5) is 0 Å². The molecule has 0 radical (unpaired) electrons. The van der Waals surface area contributed by atoms with E-state index in [0.717, 1.165) is 75.6 Å². The Labute approximate surface area is 366 Å². The van der Waals surface area contributed by atoms with E-state index < -0.39 is 0 Å². The first-order valence-electron chi connectivity index (χ1n) is 22.0. The van der Waals surface area contributed by atoms with E-state index in [1.165, 1.54) is 96.6 Å². The van der Waals surface area contributed by atoms with Crippen LogP contribution in [-0.4, -0.2) is 8.80 Å². The second kappa shape index (κ2) is 17.0. The fourth-order valence-corrected chi connectivity index (χ4v) is 13.2. The lowest BCUT2D eigenvalue weighted by atomic mass is 9.95. The summed E-state index contributed by atoms with van der Waals surface area (Å²) in [5.41, 5.74) is 3.61. The topological polar surface area (TPSA) is 43.0 Å². The number of unbranched alkanes of at least 4 members (excludes halogenated alkanes) is 10. The molecule has 60 heavy (non-hydrogen) atoms. The number of aromatic nitrogens is 2. The predicted molar refractivity (Wildman–Crippen MR) is 267 cm³/mol. The van der Waals surface area contributed by atoms with Crippen molar-refractivity contribution in [2.24, 2.45) is 0 Å². The van der Waals surface area contributed by atoms with Gasteiger partial charge < -0.3 is 0 Å². The molecule has 0 saturated heterocycles.